The molecule has 0 spiro atoms. The van der Waals surface area contributed by atoms with Crippen LogP contribution in [0.4, 0.5) is 0 Å². The summed E-state index contributed by atoms with van der Waals surface area (Å²) >= 11 is 2.00. The molecule has 0 aromatic heterocycles. The maximum Gasteiger partial charge on any atom is 0.338 e. The topological polar surface area (TPSA) is 26.3 Å². The van der Waals surface area contributed by atoms with Crippen molar-refractivity contribution < 1.29 is 9.53 Å². The van der Waals surface area contributed by atoms with E-state index in [-0.39, 0.29) is 5.97 Å². The van der Waals surface area contributed by atoms with E-state index in [4.69, 9.17) is 4.74 Å². The third-order valence-corrected chi connectivity index (χ3v) is 2.48. The van der Waals surface area contributed by atoms with Gasteiger partial charge in [-0.3, -0.25) is 0 Å². The summed E-state index contributed by atoms with van der Waals surface area (Å²) in [4.78, 5) is 11.5. The van der Waals surface area contributed by atoms with Crippen molar-refractivity contribution in [1.82, 2.24) is 0 Å². The predicted octanol–water partition coefficient (Wildman–Crippen LogP) is 3.39. The molecule has 0 atom stereocenters. The summed E-state index contributed by atoms with van der Waals surface area (Å²) < 4.78 is 5.30. The standard InChI is InChI=1S/C12H9IO2/c13-8-15-12(14)11-6-5-9-3-1-2-4-10(9)7-11/h1-7H,8H2. The van der Waals surface area contributed by atoms with Gasteiger partial charge in [0.2, 0.25) is 0 Å². The average Bonchev–Trinajstić information content (AvgIpc) is 2.29. The van der Waals surface area contributed by atoms with Crippen molar-refractivity contribution in [3.05, 3.63) is 48.0 Å². The lowest BCUT2D eigenvalue weighted by atomic mass is 10.1. The zero-order valence-electron chi connectivity index (χ0n) is 7.94. The number of hydrogen-bond donors (Lipinski definition) is 0. The number of benzene rings is 2. The highest BCUT2D eigenvalue weighted by Crippen LogP contribution is 2.16. The van der Waals surface area contributed by atoms with E-state index in [1.54, 1.807) is 6.07 Å². The lowest BCUT2D eigenvalue weighted by Crippen LogP contribution is -2.02. The van der Waals surface area contributed by atoms with E-state index in [1.807, 2.05) is 59.0 Å². The Hall–Kier alpha value is -1.10. The number of rotatable bonds is 2. The van der Waals surface area contributed by atoms with Gasteiger partial charge in [0.05, 0.1) is 5.56 Å². The quantitative estimate of drug-likeness (QED) is 0.483. The molecule has 0 bridgehead atoms. The molecular weight excluding hydrogens is 303 g/mol. The molecule has 0 fully saturated rings. The van der Waals surface area contributed by atoms with Crippen LogP contribution in [0.3, 0.4) is 0 Å². The molecule has 2 aromatic carbocycles. The Morgan fingerprint density at radius 2 is 1.87 bits per heavy atom. The summed E-state index contributed by atoms with van der Waals surface area (Å²) in [5.41, 5.74) is 0.602. The van der Waals surface area contributed by atoms with Crippen LogP contribution in [-0.2, 0) is 4.74 Å². The Bertz CT molecular complexity index is 494. The van der Waals surface area contributed by atoms with E-state index < -0.39 is 0 Å². The molecule has 15 heavy (non-hydrogen) atoms. The fourth-order valence-electron chi connectivity index (χ4n) is 1.45. The normalized spacial score (nSPS) is 10.2. The Morgan fingerprint density at radius 1 is 1.13 bits per heavy atom. The molecule has 2 rings (SSSR count). The van der Waals surface area contributed by atoms with E-state index in [0.29, 0.717) is 10.2 Å². The number of esters is 1. The van der Waals surface area contributed by atoms with Gasteiger partial charge >= 0.3 is 5.97 Å². The molecule has 3 heteroatoms. The first kappa shape index (κ1) is 10.4. The van der Waals surface area contributed by atoms with E-state index in [2.05, 4.69) is 0 Å². The monoisotopic (exact) mass is 312 g/mol. The van der Waals surface area contributed by atoms with Gasteiger partial charge in [-0.05, 0) is 45.5 Å². The maximum absolute atomic E-state index is 11.5. The number of carbonyl (C=O) groups is 1. The van der Waals surface area contributed by atoms with Crippen molar-refractivity contribution in [2.24, 2.45) is 0 Å². The van der Waals surface area contributed by atoms with Crippen LogP contribution in [0.5, 0.6) is 0 Å². The smallest absolute Gasteiger partial charge is 0.338 e. The van der Waals surface area contributed by atoms with Crippen molar-refractivity contribution in [3.63, 3.8) is 0 Å². The molecular formula is C12H9IO2. The summed E-state index contributed by atoms with van der Waals surface area (Å²) in [6.07, 6.45) is 0. The van der Waals surface area contributed by atoms with Crippen LogP contribution < -0.4 is 0 Å². The molecule has 0 heterocycles. The summed E-state index contributed by atoms with van der Waals surface area (Å²) in [7, 11) is 0. The van der Waals surface area contributed by atoms with E-state index >= 15 is 0 Å². The van der Waals surface area contributed by atoms with Crippen LogP contribution in [0, 0.1) is 0 Å². The summed E-state index contributed by atoms with van der Waals surface area (Å²) in [6, 6.07) is 13.5. The van der Waals surface area contributed by atoms with Gasteiger partial charge in [-0.15, -0.1) is 0 Å². The number of halogens is 1. The molecule has 76 valence electrons. The second-order valence-electron chi connectivity index (χ2n) is 3.10. The minimum atomic E-state index is -0.268. The Morgan fingerprint density at radius 3 is 2.60 bits per heavy atom. The highest BCUT2D eigenvalue weighted by atomic mass is 127. The third kappa shape index (κ3) is 2.28. The van der Waals surface area contributed by atoms with Crippen molar-refractivity contribution in [1.29, 1.82) is 0 Å². The highest BCUT2D eigenvalue weighted by molar-refractivity contribution is 14.1. The minimum absolute atomic E-state index is 0.268. The van der Waals surface area contributed by atoms with Gasteiger partial charge in [0, 0.05) is 0 Å². The molecule has 0 saturated carbocycles. The fraction of sp³-hybridized carbons (Fsp3) is 0.0833. The van der Waals surface area contributed by atoms with E-state index in [9.17, 15) is 4.79 Å². The molecule has 0 saturated heterocycles. The third-order valence-electron chi connectivity index (χ3n) is 2.17. The zero-order chi connectivity index (χ0) is 10.7. The molecule has 2 aromatic rings. The lowest BCUT2D eigenvalue weighted by molar-refractivity contribution is 0.0590. The van der Waals surface area contributed by atoms with Crippen LogP contribution in [0.15, 0.2) is 42.5 Å². The minimum Gasteiger partial charge on any atom is -0.451 e. The molecule has 0 unspecified atom stereocenters. The van der Waals surface area contributed by atoms with Gasteiger partial charge in [0.25, 0.3) is 0 Å². The van der Waals surface area contributed by atoms with Gasteiger partial charge < -0.3 is 4.74 Å². The molecule has 0 aliphatic rings. The van der Waals surface area contributed by atoms with Crippen LogP contribution in [0.2, 0.25) is 0 Å². The first-order chi connectivity index (χ1) is 7.31. The van der Waals surface area contributed by atoms with Gasteiger partial charge in [-0.1, -0.05) is 30.3 Å². The van der Waals surface area contributed by atoms with Crippen LogP contribution >= 0.6 is 22.6 Å². The van der Waals surface area contributed by atoms with Crippen LogP contribution in [0.1, 0.15) is 10.4 Å². The maximum atomic E-state index is 11.5. The van der Waals surface area contributed by atoms with Crippen LogP contribution in [-0.4, -0.2) is 10.6 Å². The van der Waals surface area contributed by atoms with E-state index in [0.717, 1.165) is 10.8 Å². The average molecular weight is 312 g/mol. The first-order valence-electron chi connectivity index (χ1n) is 4.53. The first-order valence-corrected chi connectivity index (χ1v) is 6.06. The Labute approximate surface area is 101 Å². The number of alkyl halides is 1. The van der Waals surface area contributed by atoms with Gasteiger partial charge in [0.1, 0.15) is 4.61 Å². The molecule has 0 N–H and O–H groups in total. The second kappa shape index (κ2) is 4.61. The van der Waals surface area contributed by atoms with Crippen molar-refractivity contribution in [2.45, 2.75) is 0 Å². The number of ether oxygens (including phenoxy) is 1. The predicted molar refractivity (Wildman–Crippen MR) is 68.3 cm³/mol. The number of fused-ring (bicyclic) bond motifs is 1. The van der Waals surface area contributed by atoms with Gasteiger partial charge in [-0.25, -0.2) is 4.79 Å². The summed E-state index contributed by atoms with van der Waals surface area (Å²) in [6.45, 7) is 0. The largest absolute Gasteiger partial charge is 0.451 e. The molecule has 0 radical (unpaired) electrons. The van der Waals surface area contributed by atoms with Crippen molar-refractivity contribution in [3.8, 4) is 0 Å². The number of hydrogen-bond acceptors (Lipinski definition) is 2. The molecule has 0 aliphatic heterocycles. The van der Waals surface area contributed by atoms with E-state index in [1.165, 1.54) is 0 Å². The number of carbonyl (C=O) groups excluding carboxylic acids is 1. The van der Waals surface area contributed by atoms with Crippen molar-refractivity contribution >= 4 is 39.3 Å². The zero-order valence-corrected chi connectivity index (χ0v) is 10.1. The summed E-state index contributed by atoms with van der Waals surface area (Å²) in [5, 5.41) is 2.18. The summed E-state index contributed by atoms with van der Waals surface area (Å²) in [5.74, 6) is -0.268. The molecule has 2 nitrogen and oxygen atoms in total. The Kier molecular flexibility index (Phi) is 3.20. The lowest BCUT2D eigenvalue weighted by Gasteiger charge is -2.02. The SMILES string of the molecule is O=C(OCI)c1ccc2ccccc2c1. The fourth-order valence-corrected chi connectivity index (χ4v) is 1.73. The highest BCUT2D eigenvalue weighted by Gasteiger charge is 2.06. The molecule has 0 aliphatic carbocycles. The molecule has 0 amide bonds. The Balaban J connectivity index is 2.42. The van der Waals surface area contributed by atoms with Gasteiger partial charge in [-0.2, -0.15) is 0 Å². The van der Waals surface area contributed by atoms with Crippen molar-refractivity contribution in [2.75, 3.05) is 4.61 Å². The van der Waals surface area contributed by atoms with Gasteiger partial charge in [0.15, 0.2) is 0 Å². The second-order valence-corrected chi connectivity index (χ2v) is 3.73. The van der Waals surface area contributed by atoms with Crippen LogP contribution in [0.25, 0.3) is 10.8 Å².